The van der Waals surface area contributed by atoms with Crippen LogP contribution in [0.25, 0.3) is 0 Å². The van der Waals surface area contributed by atoms with Crippen molar-refractivity contribution in [2.24, 2.45) is 0 Å². The van der Waals surface area contributed by atoms with Gasteiger partial charge in [0.15, 0.2) is 0 Å². The molecule has 2 aliphatic rings. The van der Waals surface area contributed by atoms with Crippen molar-refractivity contribution in [3.63, 3.8) is 0 Å². The maximum atomic E-state index is 11.2. The molecule has 2 aliphatic heterocycles. The van der Waals surface area contributed by atoms with E-state index in [0.29, 0.717) is 11.6 Å². The Morgan fingerprint density at radius 3 is 3.12 bits per heavy atom. The van der Waals surface area contributed by atoms with Gasteiger partial charge in [-0.2, -0.15) is 0 Å². The van der Waals surface area contributed by atoms with Crippen molar-refractivity contribution in [1.29, 1.82) is 0 Å². The van der Waals surface area contributed by atoms with Crippen molar-refractivity contribution in [2.75, 3.05) is 6.54 Å². The monoisotopic (exact) mass is 236 g/mol. The van der Waals surface area contributed by atoms with Crippen molar-refractivity contribution in [3.05, 3.63) is 23.9 Å². The summed E-state index contributed by atoms with van der Waals surface area (Å²) >= 11 is 0. The highest BCUT2D eigenvalue weighted by atomic mass is 16.4. The molecule has 0 bridgehead atoms. The summed E-state index contributed by atoms with van der Waals surface area (Å²) < 4.78 is 0. The van der Waals surface area contributed by atoms with Crippen LogP contribution in [0.15, 0.2) is 23.9 Å². The molecule has 1 fully saturated rings. The van der Waals surface area contributed by atoms with Gasteiger partial charge in [0.1, 0.15) is 6.17 Å². The molecule has 0 radical (unpaired) electrons. The molecule has 2 heterocycles. The molecule has 0 aromatic heterocycles. The van der Waals surface area contributed by atoms with E-state index in [4.69, 9.17) is 0 Å². The SMILES string of the molecule is CC[C@@H]1CCCCN1C1NC=CC=C1C(=O)O. The average molecular weight is 236 g/mol. The van der Waals surface area contributed by atoms with Crippen LogP contribution in [0, 0.1) is 0 Å². The fourth-order valence-corrected chi connectivity index (χ4v) is 2.74. The van der Waals surface area contributed by atoms with Crippen molar-refractivity contribution in [1.82, 2.24) is 10.2 Å². The summed E-state index contributed by atoms with van der Waals surface area (Å²) in [5, 5.41) is 12.4. The van der Waals surface area contributed by atoms with Gasteiger partial charge in [-0.1, -0.05) is 13.3 Å². The first kappa shape index (κ1) is 12.2. The topological polar surface area (TPSA) is 52.6 Å². The molecule has 2 N–H and O–H groups in total. The second-order valence-corrected chi connectivity index (χ2v) is 4.65. The lowest BCUT2D eigenvalue weighted by atomic mass is 9.97. The van der Waals surface area contributed by atoms with Crippen molar-refractivity contribution < 1.29 is 9.90 Å². The number of nitrogens with one attached hydrogen (secondary N) is 1. The molecule has 0 aromatic carbocycles. The van der Waals surface area contributed by atoms with Gasteiger partial charge in [-0.15, -0.1) is 0 Å². The zero-order chi connectivity index (χ0) is 12.3. The fourth-order valence-electron chi connectivity index (χ4n) is 2.74. The van der Waals surface area contributed by atoms with Crippen LogP contribution < -0.4 is 5.32 Å². The van der Waals surface area contributed by atoms with Gasteiger partial charge in [0.05, 0.1) is 5.57 Å². The zero-order valence-electron chi connectivity index (χ0n) is 10.2. The van der Waals surface area contributed by atoms with Gasteiger partial charge in [-0.25, -0.2) is 4.79 Å². The second kappa shape index (κ2) is 5.36. The molecule has 0 amide bonds. The molecule has 0 spiro atoms. The van der Waals surface area contributed by atoms with Gasteiger partial charge < -0.3 is 10.4 Å². The molecule has 2 atom stereocenters. The lowest BCUT2D eigenvalue weighted by molar-refractivity contribution is -0.133. The van der Waals surface area contributed by atoms with Crippen molar-refractivity contribution >= 4 is 5.97 Å². The minimum atomic E-state index is -0.827. The van der Waals surface area contributed by atoms with Gasteiger partial charge in [-0.05, 0) is 37.6 Å². The highest BCUT2D eigenvalue weighted by molar-refractivity contribution is 5.88. The Morgan fingerprint density at radius 2 is 2.41 bits per heavy atom. The molecule has 1 unspecified atom stereocenters. The van der Waals surface area contributed by atoms with E-state index in [-0.39, 0.29) is 6.17 Å². The highest BCUT2D eigenvalue weighted by Crippen LogP contribution is 2.25. The van der Waals surface area contributed by atoms with Gasteiger partial charge in [0, 0.05) is 12.6 Å². The number of nitrogens with zero attached hydrogens (tertiary/aromatic N) is 1. The van der Waals surface area contributed by atoms with Gasteiger partial charge >= 0.3 is 5.97 Å². The van der Waals surface area contributed by atoms with E-state index in [1.54, 1.807) is 12.2 Å². The Morgan fingerprint density at radius 1 is 1.59 bits per heavy atom. The van der Waals surface area contributed by atoms with E-state index in [0.717, 1.165) is 19.4 Å². The van der Waals surface area contributed by atoms with Crippen LogP contribution in [-0.4, -0.2) is 34.7 Å². The number of hydrogen-bond acceptors (Lipinski definition) is 3. The second-order valence-electron chi connectivity index (χ2n) is 4.65. The summed E-state index contributed by atoms with van der Waals surface area (Å²) in [7, 11) is 0. The third-order valence-electron chi connectivity index (χ3n) is 3.64. The first-order chi connectivity index (χ1) is 8.24. The minimum absolute atomic E-state index is 0.164. The maximum Gasteiger partial charge on any atom is 0.335 e. The molecule has 4 heteroatoms. The molecule has 94 valence electrons. The smallest absolute Gasteiger partial charge is 0.335 e. The van der Waals surface area contributed by atoms with Gasteiger partial charge in [-0.3, -0.25) is 4.90 Å². The predicted molar refractivity (Wildman–Crippen MR) is 66.4 cm³/mol. The quantitative estimate of drug-likeness (QED) is 0.783. The summed E-state index contributed by atoms with van der Waals surface area (Å²) in [5.41, 5.74) is 0.452. The number of carboxylic acid groups (broad SMARTS) is 1. The van der Waals surface area contributed by atoms with Crippen molar-refractivity contribution in [3.8, 4) is 0 Å². The third kappa shape index (κ3) is 2.52. The van der Waals surface area contributed by atoms with E-state index in [9.17, 15) is 9.90 Å². The largest absolute Gasteiger partial charge is 0.478 e. The number of allylic oxidation sites excluding steroid dienone is 2. The predicted octanol–water partition coefficient (Wildman–Crippen LogP) is 1.70. The first-order valence-corrected chi connectivity index (χ1v) is 6.36. The van der Waals surface area contributed by atoms with E-state index >= 15 is 0 Å². The Kier molecular flexibility index (Phi) is 3.84. The summed E-state index contributed by atoms with van der Waals surface area (Å²) in [6.45, 7) is 3.15. The molecule has 2 rings (SSSR count). The average Bonchev–Trinajstić information content (AvgIpc) is 2.38. The number of hydrogen-bond donors (Lipinski definition) is 2. The van der Waals surface area contributed by atoms with Crippen LogP contribution in [0.3, 0.4) is 0 Å². The zero-order valence-corrected chi connectivity index (χ0v) is 10.2. The minimum Gasteiger partial charge on any atom is -0.478 e. The van der Waals surface area contributed by atoms with Crippen molar-refractivity contribution in [2.45, 2.75) is 44.8 Å². The molecular weight excluding hydrogens is 216 g/mol. The van der Waals surface area contributed by atoms with E-state index in [1.807, 2.05) is 6.20 Å². The summed E-state index contributed by atoms with van der Waals surface area (Å²) in [6.07, 6.45) is 9.78. The first-order valence-electron chi connectivity index (χ1n) is 6.36. The third-order valence-corrected chi connectivity index (χ3v) is 3.64. The Bertz CT molecular complexity index is 349. The Balaban J connectivity index is 2.17. The standard InChI is InChI=1S/C13H20N2O2/c1-2-10-6-3-4-9-15(10)12-11(13(16)17)7-5-8-14-12/h5,7-8,10,12,14H,2-4,6,9H2,1H3,(H,16,17)/t10-,12?/m1/s1. The number of aliphatic carboxylic acids is 1. The number of piperidine rings is 1. The molecular formula is C13H20N2O2. The summed E-state index contributed by atoms with van der Waals surface area (Å²) in [6, 6.07) is 0.496. The molecule has 0 saturated carbocycles. The molecule has 4 nitrogen and oxygen atoms in total. The van der Waals surface area contributed by atoms with Crippen LogP contribution >= 0.6 is 0 Å². The summed E-state index contributed by atoms with van der Waals surface area (Å²) in [5.74, 6) is -0.827. The fraction of sp³-hybridized carbons (Fsp3) is 0.615. The lowest BCUT2D eigenvalue weighted by Crippen LogP contribution is -2.53. The van der Waals surface area contributed by atoms with E-state index in [1.165, 1.54) is 12.8 Å². The van der Waals surface area contributed by atoms with Gasteiger partial charge in [0.2, 0.25) is 0 Å². The number of carboxylic acids is 1. The number of likely N-dealkylation sites (tertiary alicyclic amines) is 1. The maximum absolute atomic E-state index is 11.2. The number of rotatable bonds is 3. The number of carbonyl (C=O) groups is 1. The molecule has 0 aliphatic carbocycles. The summed E-state index contributed by atoms with van der Waals surface area (Å²) in [4.78, 5) is 13.5. The molecule has 0 aromatic rings. The van der Waals surface area contributed by atoms with Crippen LogP contribution in [0.5, 0.6) is 0 Å². The van der Waals surface area contributed by atoms with E-state index in [2.05, 4.69) is 17.1 Å². The Labute approximate surface area is 102 Å². The Hall–Kier alpha value is -1.29. The van der Waals surface area contributed by atoms with E-state index < -0.39 is 5.97 Å². The van der Waals surface area contributed by atoms with Crippen LogP contribution in [-0.2, 0) is 4.79 Å². The van der Waals surface area contributed by atoms with Crippen LogP contribution in [0.4, 0.5) is 0 Å². The lowest BCUT2D eigenvalue weighted by Gasteiger charge is -2.41. The van der Waals surface area contributed by atoms with Gasteiger partial charge in [0.25, 0.3) is 0 Å². The molecule has 17 heavy (non-hydrogen) atoms. The number of dihydropyridines is 1. The molecule has 1 saturated heterocycles. The normalized spacial score (nSPS) is 29.6. The highest BCUT2D eigenvalue weighted by Gasteiger charge is 2.32. The van der Waals surface area contributed by atoms with Crippen LogP contribution in [0.1, 0.15) is 32.6 Å². The van der Waals surface area contributed by atoms with Crippen LogP contribution in [0.2, 0.25) is 0 Å².